The van der Waals surface area contributed by atoms with Crippen LogP contribution in [0.2, 0.25) is 0 Å². The van der Waals surface area contributed by atoms with E-state index in [4.69, 9.17) is 4.74 Å². The van der Waals surface area contributed by atoms with Gasteiger partial charge in [-0.1, -0.05) is 18.6 Å². The maximum absolute atomic E-state index is 6.14. The van der Waals surface area contributed by atoms with Gasteiger partial charge in [-0.05, 0) is 43.4 Å². The first-order valence-electron chi connectivity index (χ1n) is 8.52. The van der Waals surface area contributed by atoms with Crippen LogP contribution in [0, 0.1) is 0 Å². The normalized spacial score (nSPS) is 15.5. The first kappa shape index (κ1) is 14.9. The largest absolute Gasteiger partial charge is 0.490 e. The Hall–Kier alpha value is -2.63. The maximum Gasteiger partial charge on any atom is 0.160 e. The number of ether oxygens (including phenoxy) is 1. The Morgan fingerprint density at radius 1 is 1.17 bits per heavy atom. The molecule has 1 saturated carbocycles. The number of fused-ring (bicyclic) bond motifs is 1. The molecular formula is C18H21N5O. The quantitative estimate of drug-likeness (QED) is 0.749. The molecule has 3 aromatic rings. The Kier molecular flexibility index (Phi) is 4.27. The minimum absolute atomic E-state index is 0.370. The maximum atomic E-state index is 6.14. The van der Waals surface area contributed by atoms with E-state index in [2.05, 4.69) is 37.6 Å². The van der Waals surface area contributed by atoms with E-state index in [1.165, 1.54) is 44.0 Å². The van der Waals surface area contributed by atoms with Crippen LogP contribution in [0.3, 0.4) is 0 Å². The van der Waals surface area contributed by atoms with Gasteiger partial charge in [0.1, 0.15) is 17.9 Å². The highest BCUT2D eigenvalue weighted by Gasteiger charge is 2.14. The van der Waals surface area contributed by atoms with Gasteiger partial charge in [0.05, 0.1) is 17.7 Å². The second-order valence-corrected chi connectivity index (χ2v) is 6.23. The van der Waals surface area contributed by atoms with E-state index < -0.39 is 0 Å². The fourth-order valence-electron chi connectivity index (χ4n) is 3.20. The number of rotatable bonds is 5. The molecule has 1 aliphatic carbocycles. The van der Waals surface area contributed by atoms with Crippen LogP contribution in [-0.2, 0) is 6.54 Å². The summed E-state index contributed by atoms with van der Waals surface area (Å²) in [4.78, 5) is 8.44. The molecule has 6 nitrogen and oxygen atoms in total. The molecule has 0 atom stereocenters. The Balaban J connectivity index is 1.43. The number of H-pyrrole nitrogens is 1. The SMILES string of the molecule is c1cc(CNc2ncnc3[nH]ncc23)cc(OC2CCCCC2)c1. The van der Waals surface area contributed by atoms with E-state index in [0.29, 0.717) is 12.6 Å². The number of aromatic nitrogens is 4. The van der Waals surface area contributed by atoms with Crippen molar-refractivity contribution in [3.8, 4) is 5.75 Å². The second-order valence-electron chi connectivity index (χ2n) is 6.23. The first-order valence-corrected chi connectivity index (χ1v) is 8.52. The van der Waals surface area contributed by atoms with Crippen molar-refractivity contribution in [3.63, 3.8) is 0 Å². The average Bonchev–Trinajstić information content (AvgIpc) is 3.10. The van der Waals surface area contributed by atoms with Crippen LogP contribution in [0.15, 0.2) is 36.8 Å². The molecule has 0 unspecified atom stereocenters. The highest BCUT2D eigenvalue weighted by atomic mass is 16.5. The minimum atomic E-state index is 0.370. The number of aromatic amines is 1. The van der Waals surface area contributed by atoms with Crippen molar-refractivity contribution in [2.24, 2.45) is 0 Å². The first-order chi connectivity index (χ1) is 11.9. The lowest BCUT2D eigenvalue weighted by molar-refractivity contribution is 0.155. The molecule has 24 heavy (non-hydrogen) atoms. The number of nitrogens with one attached hydrogen (secondary N) is 2. The smallest absolute Gasteiger partial charge is 0.160 e. The van der Waals surface area contributed by atoms with Gasteiger partial charge < -0.3 is 10.1 Å². The third-order valence-electron chi connectivity index (χ3n) is 4.46. The van der Waals surface area contributed by atoms with Gasteiger partial charge in [-0.2, -0.15) is 5.10 Å². The molecule has 1 aromatic carbocycles. The van der Waals surface area contributed by atoms with Crippen molar-refractivity contribution in [2.45, 2.75) is 44.8 Å². The summed E-state index contributed by atoms with van der Waals surface area (Å²) in [5.74, 6) is 1.74. The zero-order chi connectivity index (χ0) is 16.2. The molecule has 1 fully saturated rings. The number of hydrogen-bond donors (Lipinski definition) is 2. The molecule has 0 bridgehead atoms. The Morgan fingerprint density at radius 2 is 2.08 bits per heavy atom. The fraction of sp³-hybridized carbons (Fsp3) is 0.389. The molecule has 0 saturated heterocycles. The number of nitrogens with zero attached hydrogens (tertiary/aromatic N) is 3. The van der Waals surface area contributed by atoms with Gasteiger partial charge in [0, 0.05) is 6.54 Å². The van der Waals surface area contributed by atoms with Crippen LogP contribution in [0.4, 0.5) is 5.82 Å². The van der Waals surface area contributed by atoms with Gasteiger partial charge in [-0.15, -0.1) is 0 Å². The molecular weight excluding hydrogens is 302 g/mol. The molecule has 0 aliphatic heterocycles. The lowest BCUT2D eigenvalue weighted by Crippen LogP contribution is -2.19. The van der Waals surface area contributed by atoms with Gasteiger partial charge in [-0.25, -0.2) is 9.97 Å². The predicted octanol–water partition coefficient (Wildman–Crippen LogP) is 3.68. The zero-order valence-electron chi connectivity index (χ0n) is 13.5. The van der Waals surface area contributed by atoms with Crippen LogP contribution in [0.25, 0.3) is 11.0 Å². The van der Waals surface area contributed by atoms with E-state index in [-0.39, 0.29) is 0 Å². The van der Waals surface area contributed by atoms with E-state index in [1.54, 1.807) is 6.20 Å². The summed E-state index contributed by atoms with van der Waals surface area (Å²) in [6, 6.07) is 8.28. The van der Waals surface area contributed by atoms with Crippen LogP contribution in [-0.4, -0.2) is 26.3 Å². The monoisotopic (exact) mass is 323 g/mol. The molecule has 4 rings (SSSR count). The van der Waals surface area contributed by atoms with Gasteiger partial charge in [0.15, 0.2) is 5.65 Å². The number of benzene rings is 1. The summed E-state index contributed by atoms with van der Waals surface area (Å²) < 4.78 is 6.14. The summed E-state index contributed by atoms with van der Waals surface area (Å²) in [5.41, 5.74) is 1.90. The van der Waals surface area contributed by atoms with E-state index in [9.17, 15) is 0 Å². The molecule has 124 valence electrons. The van der Waals surface area contributed by atoms with Crippen LogP contribution < -0.4 is 10.1 Å². The van der Waals surface area contributed by atoms with Gasteiger partial charge >= 0.3 is 0 Å². The molecule has 1 aliphatic rings. The van der Waals surface area contributed by atoms with Crippen molar-refractivity contribution in [1.82, 2.24) is 20.2 Å². The minimum Gasteiger partial charge on any atom is -0.490 e. The summed E-state index contributed by atoms with van der Waals surface area (Å²) >= 11 is 0. The number of anilines is 1. The third-order valence-corrected chi connectivity index (χ3v) is 4.46. The molecule has 0 spiro atoms. The Bertz CT molecular complexity index is 810. The Labute approximate surface area is 140 Å². The molecule has 0 radical (unpaired) electrons. The van der Waals surface area contributed by atoms with Crippen molar-refractivity contribution >= 4 is 16.9 Å². The van der Waals surface area contributed by atoms with Crippen molar-refractivity contribution in [3.05, 3.63) is 42.4 Å². The van der Waals surface area contributed by atoms with Crippen LogP contribution in [0.1, 0.15) is 37.7 Å². The average molecular weight is 323 g/mol. The molecule has 2 aromatic heterocycles. The van der Waals surface area contributed by atoms with E-state index in [0.717, 1.165) is 22.6 Å². The van der Waals surface area contributed by atoms with Gasteiger partial charge in [0.2, 0.25) is 0 Å². The van der Waals surface area contributed by atoms with Crippen molar-refractivity contribution in [1.29, 1.82) is 0 Å². The highest BCUT2D eigenvalue weighted by Crippen LogP contribution is 2.24. The standard InChI is InChI=1S/C18H21N5O/c1-2-6-14(7-3-1)24-15-8-4-5-13(9-15)10-19-17-16-11-22-23-18(16)21-12-20-17/h4-5,8-9,11-12,14H,1-3,6-7,10H2,(H2,19,20,21,22,23). The summed E-state index contributed by atoms with van der Waals surface area (Å²) in [6.07, 6.45) is 9.87. The lowest BCUT2D eigenvalue weighted by Gasteiger charge is -2.23. The van der Waals surface area contributed by atoms with E-state index in [1.807, 2.05) is 12.1 Å². The lowest BCUT2D eigenvalue weighted by atomic mass is 9.98. The topological polar surface area (TPSA) is 75.7 Å². The van der Waals surface area contributed by atoms with Gasteiger partial charge in [-0.3, -0.25) is 5.10 Å². The molecule has 2 heterocycles. The third kappa shape index (κ3) is 3.32. The summed E-state index contributed by atoms with van der Waals surface area (Å²) in [5, 5.41) is 11.1. The second kappa shape index (κ2) is 6.86. The van der Waals surface area contributed by atoms with Gasteiger partial charge in [0.25, 0.3) is 0 Å². The highest BCUT2D eigenvalue weighted by molar-refractivity contribution is 5.85. The number of hydrogen-bond acceptors (Lipinski definition) is 5. The van der Waals surface area contributed by atoms with Crippen LogP contribution in [0.5, 0.6) is 5.75 Å². The summed E-state index contributed by atoms with van der Waals surface area (Å²) in [7, 11) is 0. The van der Waals surface area contributed by atoms with E-state index >= 15 is 0 Å². The van der Waals surface area contributed by atoms with Crippen LogP contribution >= 0.6 is 0 Å². The van der Waals surface area contributed by atoms with Crippen molar-refractivity contribution in [2.75, 3.05) is 5.32 Å². The summed E-state index contributed by atoms with van der Waals surface area (Å²) in [6.45, 7) is 0.680. The Morgan fingerprint density at radius 3 is 3.00 bits per heavy atom. The molecule has 2 N–H and O–H groups in total. The zero-order valence-corrected chi connectivity index (χ0v) is 13.5. The molecule has 6 heteroatoms. The van der Waals surface area contributed by atoms with Crippen molar-refractivity contribution < 1.29 is 4.74 Å². The molecule has 0 amide bonds. The predicted molar refractivity (Wildman–Crippen MR) is 93.0 cm³/mol. The fourth-order valence-corrected chi connectivity index (χ4v) is 3.20.